The third-order valence-corrected chi connectivity index (χ3v) is 9.06. The average Bonchev–Trinajstić information content (AvgIpc) is 3.23. The molecule has 3 aliphatic rings. The van der Waals surface area contributed by atoms with E-state index in [1.807, 2.05) is 6.08 Å². The summed E-state index contributed by atoms with van der Waals surface area (Å²) in [5.41, 5.74) is 0.109. The molecule has 1 saturated carbocycles. The van der Waals surface area contributed by atoms with Crippen LogP contribution in [0.5, 0.6) is 0 Å². The number of hydrogen-bond donors (Lipinski definition) is 1. The normalized spacial score (nSPS) is 32.6. The zero-order valence-electron chi connectivity index (χ0n) is 16.6. The second-order valence-electron chi connectivity index (χ2n) is 8.85. The molecule has 0 aromatic heterocycles. The first kappa shape index (κ1) is 21.0. The summed E-state index contributed by atoms with van der Waals surface area (Å²) in [5, 5.41) is 10.1. The van der Waals surface area contributed by atoms with Crippen LogP contribution < -0.4 is 0 Å². The van der Waals surface area contributed by atoms with E-state index in [1.54, 1.807) is 0 Å². The number of ether oxygens (including phenoxy) is 2. The Labute approximate surface area is 168 Å². The highest BCUT2D eigenvalue weighted by Gasteiger charge is 2.52. The van der Waals surface area contributed by atoms with Gasteiger partial charge in [0, 0.05) is 29.3 Å². The van der Waals surface area contributed by atoms with E-state index in [-0.39, 0.29) is 11.5 Å². The fourth-order valence-corrected chi connectivity index (χ4v) is 7.24. The van der Waals surface area contributed by atoms with Crippen molar-refractivity contribution in [1.82, 2.24) is 0 Å². The van der Waals surface area contributed by atoms with Crippen molar-refractivity contribution in [1.29, 1.82) is 0 Å². The van der Waals surface area contributed by atoms with Gasteiger partial charge in [-0.25, -0.2) is 0 Å². The molecule has 1 N–H and O–H groups in total. The molecule has 0 radical (unpaired) electrons. The number of hydrogen-bond acceptors (Lipinski definition) is 5. The minimum atomic E-state index is -0.395. The Hall–Kier alpha value is 0.320. The van der Waals surface area contributed by atoms with Crippen molar-refractivity contribution in [3.63, 3.8) is 0 Å². The second-order valence-corrected chi connectivity index (χ2v) is 11.8. The fourth-order valence-electron chi connectivity index (χ4n) is 4.37. The molecule has 150 valence electrons. The third-order valence-electron chi connectivity index (χ3n) is 5.89. The summed E-state index contributed by atoms with van der Waals surface area (Å²) in [4.78, 5) is 0. The Balaban J connectivity index is 1.67. The zero-order valence-corrected chi connectivity index (χ0v) is 18.2. The van der Waals surface area contributed by atoms with Gasteiger partial charge in [0.1, 0.15) is 0 Å². The van der Waals surface area contributed by atoms with E-state index in [0.29, 0.717) is 11.8 Å². The molecule has 2 aliphatic heterocycles. The minimum absolute atomic E-state index is 0.109. The van der Waals surface area contributed by atoms with Gasteiger partial charge < -0.3 is 14.6 Å². The molecule has 3 rings (SSSR count). The molecule has 2 saturated heterocycles. The summed E-state index contributed by atoms with van der Waals surface area (Å²) in [5.74, 6) is 3.05. The van der Waals surface area contributed by atoms with Crippen LogP contribution >= 0.6 is 23.5 Å². The molecule has 2 heterocycles. The predicted molar refractivity (Wildman–Crippen MR) is 113 cm³/mol. The van der Waals surface area contributed by atoms with Crippen molar-refractivity contribution in [3.05, 3.63) is 12.2 Å². The lowest BCUT2D eigenvalue weighted by Crippen LogP contribution is -2.50. The summed E-state index contributed by atoms with van der Waals surface area (Å²) < 4.78 is 13.6. The van der Waals surface area contributed by atoms with Crippen LogP contribution in [0.2, 0.25) is 0 Å². The molecule has 1 spiro atoms. The summed E-state index contributed by atoms with van der Waals surface area (Å²) >= 11 is 4.22. The largest absolute Gasteiger partial charge is 0.389 e. The van der Waals surface area contributed by atoms with Crippen molar-refractivity contribution < 1.29 is 14.6 Å². The first-order valence-corrected chi connectivity index (χ1v) is 12.4. The highest BCUT2D eigenvalue weighted by atomic mass is 32.2. The van der Waals surface area contributed by atoms with Crippen LogP contribution in [-0.4, -0.2) is 46.3 Å². The van der Waals surface area contributed by atoms with E-state index >= 15 is 0 Å². The van der Waals surface area contributed by atoms with Gasteiger partial charge in [0.15, 0.2) is 5.79 Å². The molecule has 3 nitrogen and oxygen atoms in total. The summed E-state index contributed by atoms with van der Waals surface area (Å²) in [6.45, 7) is 8.12. The Morgan fingerprint density at radius 1 is 1.15 bits per heavy atom. The van der Waals surface area contributed by atoms with Crippen LogP contribution in [0.1, 0.15) is 59.3 Å². The van der Waals surface area contributed by atoms with Crippen LogP contribution in [0.25, 0.3) is 0 Å². The van der Waals surface area contributed by atoms with Gasteiger partial charge in [0.25, 0.3) is 0 Å². The van der Waals surface area contributed by atoms with Crippen molar-refractivity contribution >= 4 is 23.5 Å². The molecular weight excluding hydrogens is 364 g/mol. The lowest BCUT2D eigenvalue weighted by molar-refractivity contribution is -0.316. The predicted octanol–water partition coefficient (Wildman–Crippen LogP) is 5.09. The van der Waals surface area contributed by atoms with Crippen LogP contribution in [0.4, 0.5) is 0 Å². The topological polar surface area (TPSA) is 38.7 Å². The Morgan fingerprint density at radius 2 is 1.85 bits per heavy atom. The van der Waals surface area contributed by atoms with Gasteiger partial charge in [-0.2, -0.15) is 0 Å². The van der Waals surface area contributed by atoms with Gasteiger partial charge in [0.2, 0.25) is 0 Å². The van der Waals surface area contributed by atoms with E-state index in [2.05, 4.69) is 50.4 Å². The molecular formula is C21H36O3S2. The van der Waals surface area contributed by atoms with E-state index in [4.69, 9.17) is 9.47 Å². The summed E-state index contributed by atoms with van der Waals surface area (Å²) in [6, 6.07) is 0. The van der Waals surface area contributed by atoms with E-state index in [1.165, 1.54) is 17.9 Å². The van der Waals surface area contributed by atoms with Crippen LogP contribution in [0.3, 0.4) is 0 Å². The Bertz CT molecular complexity index is 464. The Morgan fingerprint density at radius 3 is 2.50 bits per heavy atom. The molecule has 26 heavy (non-hydrogen) atoms. The maximum atomic E-state index is 10.1. The lowest BCUT2D eigenvalue weighted by atomic mass is 9.86. The summed E-state index contributed by atoms with van der Waals surface area (Å²) in [6.07, 6.45) is 10.3. The maximum absolute atomic E-state index is 10.1. The van der Waals surface area contributed by atoms with E-state index in [9.17, 15) is 5.11 Å². The first-order chi connectivity index (χ1) is 12.4. The van der Waals surface area contributed by atoms with Gasteiger partial charge in [-0.3, -0.25) is 0 Å². The van der Waals surface area contributed by atoms with Gasteiger partial charge in [0.05, 0.1) is 23.9 Å². The van der Waals surface area contributed by atoms with Crippen molar-refractivity contribution in [3.8, 4) is 0 Å². The number of thioether (sulfide) groups is 2. The molecule has 3 atom stereocenters. The standard InChI is InChI=1S/C21H36O3S2/c1-4-5-17(22)7-6-16-10-11-21(23-14-20(2,3)15-24-21)18(16)8-9-19-25-12-13-26-19/h6-7,16-19,22H,4-5,8-15H2,1-3H3. The molecule has 5 heteroatoms. The molecule has 3 fully saturated rings. The molecule has 3 unspecified atom stereocenters. The summed E-state index contributed by atoms with van der Waals surface area (Å²) in [7, 11) is 0. The average molecular weight is 401 g/mol. The molecule has 1 aliphatic carbocycles. The third kappa shape index (κ3) is 5.22. The Kier molecular flexibility index (Phi) is 7.45. The first-order valence-electron chi connectivity index (χ1n) is 10.3. The fraction of sp³-hybridized carbons (Fsp3) is 0.905. The number of rotatable bonds is 7. The quantitative estimate of drug-likeness (QED) is 0.603. The van der Waals surface area contributed by atoms with Crippen LogP contribution in [-0.2, 0) is 9.47 Å². The van der Waals surface area contributed by atoms with Crippen LogP contribution in [0, 0.1) is 17.3 Å². The maximum Gasteiger partial charge on any atom is 0.171 e. The smallest absolute Gasteiger partial charge is 0.171 e. The number of aliphatic hydroxyl groups is 1. The highest BCUT2D eigenvalue weighted by Crippen LogP contribution is 2.51. The lowest BCUT2D eigenvalue weighted by Gasteiger charge is -2.45. The highest BCUT2D eigenvalue weighted by molar-refractivity contribution is 8.20. The van der Waals surface area contributed by atoms with Crippen LogP contribution in [0.15, 0.2) is 12.2 Å². The van der Waals surface area contributed by atoms with E-state index < -0.39 is 5.79 Å². The van der Waals surface area contributed by atoms with Gasteiger partial charge >= 0.3 is 0 Å². The van der Waals surface area contributed by atoms with Gasteiger partial charge in [-0.05, 0) is 31.6 Å². The molecule has 0 bridgehead atoms. The number of allylic oxidation sites excluding steroid dienone is 1. The van der Waals surface area contributed by atoms with Crippen molar-refractivity contribution in [2.45, 2.75) is 75.8 Å². The molecule has 0 aromatic rings. The molecule has 0 amide bonds. The van der Waals surface area contributed by atoms with E-state index in [0.717, 1.165) is 49.9 Å². The van der Waals surface area contributed by atoms with Crippen molar-refractivity contribution in [2.24, 2.45) is 17.3 Å². The van der Waals surface area contributed by atoms with Gasteiger partial charge in [-0.15, -0.1) is 23.5 Å². The minimum Gasteiger partial charge on any atom is -0.389 e. The zero-order chi connectivity index (χ0) is 18.6. The monoisotopic (exact) mass is 400 g/mol. The van der Waals surface area contributed by atoms with Crippen molar-refractivity contribution in [2.75, 3.05) is 24.7 Å². The number of aliphatic hydroxyl groups excluding tert-OH is 1. The SMILES string of the molecule is CCCC(O)C=CC1CCC2(OCC(C)(C)CO2)C1CCC1SCCS1. The van der Waals surface area contributed by atoms with Gasteiger partial charge in [-0.1, -0.05) is 39.3 Å². The molecule has 0 aromatic carbocycles. The second kappa shape index (κ2) is 9.21.